The minimum Gasteiger partial charge on any atom is -0.373 e. The van der Waals surface area contributed by atoms with Crippen LogP contribution >= 0.6 is 0 Å². The predicted octanol–water partition coefficient (Wildman–Crippen LogP) is 3.19. The molecule has 1 aliphatic rings. The Morgan fingerprint density at radius 2 is 1.60 bits per heavy atom. The molecule has 25 heavy (non-hydrogen) atoms. The molecule has 1 aliphatic heterocycles. The highest BCUT2D eigenvalue weighted by Crippen LogP contribution is 2.19. The largest absolute Gasteiger partial charge is 0.373 e. The Balaban J connectivity index is 1.50. The van der Waals surface area contributed by atoms with Crippen molar-refractivity contribution in [3.05, 3.63) is 60.2 Å². The Bertz CT molecular complexity index is 675. The zero-order valence-electron chi connectivity index (χ0n) is 14.9. The Kier molecular flexibility index (Phi) is 5.84. The second-order valence-corrected chi connectivity index (χ2v) is 6.72. The number of hydrogen-bond acceptors (Lipinski definition) is 3. The van der Waals surface area contributed by atoms with Crippen molar-refractivity contribution in [2.45, 2.75) is 26.1 Å². The number of carbonyl (C=O) groups excluding carboxylic acids is 1. The fourth-order valence-electron chi connectivity index (χ4n) is 3.34. The average molecular weight is 338 g/mol. The maximum absolute atomic E-state index is 12.3. The van der Waals surface area contributed by atoms with Crippen LogP contribution in [0.15, 0.2) is 54.6 Å². The van der Waals surface area contributed by atoms with E-state index in [4.69, 9.17) is 4.74 Å². The van der Waals surface area contributed by atoms with Gasteiger partial charge in [-0.2, -0.15) is 0 Å². The zero-order valence-corrected chi connectivity index (χ0v) is 14.9. The van der Waals surface area contributed by atoms with Crippen LogP contribution in [0.3, 0.4) is 0 Å². The van der Waals surface area contributed by atoms with E-state index in [0.29, 0.717) is 12.1 Å². The number of amides is 1. The van der Waals surface area contributed by atoms with Gasteiger partial charge < -0.3 is 10.1 Å². The first-order valence-corrected chi connectivity index (χ1v) is 8.93. The fourth-order valence-corrected chi connectivity index (χ4v) is 3.34. The summed E-state index contributed by atoms with van der Waals surface area (Å²) in [5.74, 6) is -0.0195. The molecule has 0 saturated carbocycles. The Labute approximate surface area is 149 Å². The fraction of sp³-hybridized carbons (Fsp3) is 0.381. The molecule has 1 amide bonds. The predicted molar refractivity (Wildman–Crippen MR) is 101 cm³/mol. The van der Waals surface area contributed by atoms with Crippen molar-refractivity contribution in [1.29, 1.82) is 0 Å². The van der Waals surface area contributed by atoms with Crippen LogP contribution < -0.4 is 5.32 Å². The van der Waals surface area contributed by atoms with Gasteiger partial charge in [-0.1, -0.05) is 42.5 Å². The van der Waals surface area contributed by atoms with E-state index in [9.17, 15) is 4.79 Å². The lowest BCUT2D eigenvalue weighted by Crippen LogP contribution is -2.47. The summed E-state index contributed by atoms with van der Waals surface area (Å²) in [5.41, 5.74) is 2.97. The molecule has 0 bridgehead atoms. The van der Waals surface area contributed by atoms with Crippen LogP contribution in [-0.4, -0.2) is 49.2 Å². The number of rotatable bonds is 5. The summed E-state index contributed by atoms with van der Waals surface area (Å²) in [7, 11) is 0. The van der Waals surface area contributed by atoms with Gasteiger partial charge in [0.1, 0.15) is 0 Å². The molecule has 1 heterocycles. The van der Waals surface area contributed by atoms with Gasteiger partial charge in [0.15, 0.2) is 0 Å². The molecule has 1 fully saturated rings. The molecule has 4 nitrogen and oxygen atoms in total. The Morgan fingerprint density at radius 1 is 1.00 bits per heavy atom. The molecular weight excluding hydrogens is 312 g/mol. The minimum atomic E-state index is -0.0195. The number of benzene rings is 2. The lowest BCUT2D eigenvalue weighted by Gasteiger charge is -2.35. The molecule has 2 aromatic carbocycles. The number of nitrogens with zero attached hydrogens (tertiary/aromatic N) is 1. The first-order valence-electron chi connectivity index (χ1n) is 8.93. The van der Waals surface area contributed by atoms with E-state index in [2.05, 4.69) is 36.2 Å². The number of nitrogens with one attached hydrogen (secondary N) is 1. The summed E-state index contributed by atoms with van der Waals surface area (Å²) in [6.45, 7) is 7.54. The first-order chi connectivity index (χ1) is 12.1. The van der Waals surface area contributed by atoms with Gasteiger partial charge >= 0.3 is 0 Å². The summed E-state index contributed by atoms with van der Waals surface area (Å²) in [4.78, 5) is 14.7. The molecule has 2 aromatic rings. The zero-order chi connectivity index (χ0) is 17.6. The van der Waals surface area contributed by atoms with E-state index in [1.54, 1.807) is 0 Å². The molecule has 132 valence electrons. The van der Waals surface area contributed by atoms with E-state index >= 15 is 0 Å². The number of ether oxygens (including phenoxy) is 1. The number of carbonyl (C=O) groups is 1. The Hall–Kier alpha value is -2.17. The highest BCUT2D eigenvalue weighted by molar-refractivity contribution is 5.94. The molecule has 0 unspecified atom stereocenters. The van der Waals surface area contributed by atoms with E-state index in [-0.39, 0.29) is 18.1 Å². The van der Waals surface area contributed by atoms with E-state index in [1.807, 2.05) is 42.5 Å². The van der Waals surface area contributed by atoms with Gasteiger partial charge in [-0.3, -0.25) is 9.69 Å². The van der Waals surface area contributed by atoms with Crippen molar-refractivity contribution in [2.75, 3.05) is 26.2 Å². The van der Waals surface area contributed by atoms with Crippen molar-refractivity contribution >= 4 is 5.91 Å². The van der Waals surface area contributed by atoms with E-state index < -0.39 is 0 Å². The van der Waals surface area contributed by atoms with Gasteiger partial charge in [0, 0.05) is 31.7 Å². The summed E-state index contributed by atoms with van der Waals surface area (Å²) in [5, 5.41) is 3.01. The van der Waals surface area contributed by atoms with Crippen molar-refractivity contribution in [2.24, 2.45) is 0 Å². The second-order valence-electron chi connectivity index (χ2n) is 6.72. The third-order valence-electron chi connectivity index (χ3n) is 4.46. The lowest BCUT2D eigenvalue weighted by atomic mass is 10.0. The molecule has 2 atom stereocenters. The molecule has 4 heteroatoms. The quantitative estimate of drug-likeness (QED) is 0.910. The Morgan fingerprint density at radius 3 is 2.24 bits per heavy atom. The summed E-state index contributed by atoms with van der Waals surface area (Å²) in [6, 6.07) is 17.9. The van der Waals surface area contributed by atoms with Crippen molar-refractivity contribution in [3.8, 4) is 11.1 Å². The normalized spacial score (nSPS) is 21.0. The van der Waals surface area contributed by atoms with E-state index in [0.717, 1.165) is 30.8 Å². The smallest absolute Gasteiger partial charge is 0.251 e. The van der Waals surface area contributed by atoms with Crippen molar-refractivity contribution in [1.82, 2.24) is 10.2 Å². The standard InChI is InChI=1S/C21H26N2O2/c1-16-14-23(15-17(2)25-16)13-12-22-21(24)20-10-8-19(9-11-20)18-6-4-3-5-7-18/h3-11,16-17H,12-15H2,1-2H3,(H,22,24)/t16-,17-/m1/s1. The number of hydrogen-bond donors (Lipinski definition) is 1. The third kappa shape index (κ3) is 4.91. The first kappa shape index (κ1) is 17.6. The molecule has 0 spiro atoms. The summed E-state index contributed by atoms with van der Waals surface area (Å²) < 4.78 is 5.73. The molecule has 0 aliphatic carbocycles. The van der Waals surface area contributed by atoms with Crippen LogP contribution in [0.25, 0.3) is 11.1 Å². The number of morpholine rings is 1. The van der Waals surface area contributed by atoms with Gasteiger partial charge in [-0.05, 0) is 37.1 Å². The van der Waals surface area contributed by atoms with Crippen LogP contribution in [0.1, 0.15) is 24.2 Å². The maximum Gasteiger partial charge on any atom is 0.251 e. The monoisotopic (exact) mass is 338 g/mol. The van der Waals surface area contributed by atoms with Crippen molar-refractivity contribution < 1.29 is 9.53 Å². The average Bonchev–Trinajstić information content (AvgIpc) is 2.62. The molecule has 1 N–H and O–H groups in total. The van der Waals surface area contributed by atoms with Crippen LogP contribution in [0.2, 0.25) is 0 Å². The van der Waals surface area contributed by atoms with Gasteiger partial charge in [-0.15, -0.1) is 0 Å². The molecule has 3 rings (SSSR count). The SMILES string of the molecule is C[C@@H]1CN(CCNC(=O)c2ccc(-c3ccccc3)cc2)C[C@@H](C)O1. The molecular formula is C21H26N2O2. The van der Waals surface area contributed by atoms with Gasteiger partial charge in [0.25, 0.3) is 5.91 Å². The van der Waals surface area contributed by atoms with Gasteiger partial charge in [0.05, 0.1) is 12.2 Å². The van der Waals surface area contributed by atoms with Crippen LogP contribution in [0.4, 0.5) is 0 Å². The summed E-state index contributed by atoms with van der Waals surface area (Å²) >= 11 is 0. The minimum absolute atomic E-state index is 0.0195. The van der Waals surface area contributed by atoms with Gasteiger partial charge in [0.2, 0.25) is 0 Å². The highest BCUT2D eigenvalue weighted by Gasteiger charge is 2.21. The van der Waals surface area contributed by atoms with Crippen LogP contribution in [0, 0.1) is 0 Å². The lowest BCUT2D eigenvalue weighted by molar-refractivity contribution is -0.0672. The second kappa shape index (κ2) is 8.28. The summed E-state index contributed by atoms with van der Waals surface area (Å²) in [6.07, 6.45) is 0.509. The van der Waals surface area contributed by atoms with E-state index in [1.165, 1.54) is 0 Å². The van der Waals surface area contributed by atoms with Crippen LogP contribution in [0.5, 0.6) is 0 Å². The van der Waals surface area contributed by atoms with Crippen LogP contribution in [-0.2, 0) is 4.74 Å². The third-order valence-corrected chi connectivity index (χ3v) is 4.46. The highest BCUT2D eigenvalue weighted by atomic mass is 16.5. The van der Waals surface area contributed by atoms with Gasteiger partial charge in [-0.25, -0.2) is 0 Å². The topological polar surface area (TPSA) is 41.6 Å². The molecule has 0 radical (unpaired) electrons. The molecule has 0 aromatic heterocycles. The molecule has 1 saturated heterocycles. The maximum atomic E-state index is 12.3. The van der Waals surface area contributed by atoms with Crippen molar-refractivity contribution in [3.63, 3.8) is 0 Å².